The largest absolute Gasteiger partial charge is 0.195 e. The van der Waals surface area contributed by atoms with Crippen LogP contribution in [0.15, 0.2) is 65.7 Å². The standard InChI is InChI=1S/C18H17NS/c1-2-3-4-5-15-6-8-16(9-7-15)17-10-12-18(13-11-17)19-14-20/h2-3,6-13H,4-5H2,1H3/b3-2+. The molecule has 0 bridgehead atoms. The van der Waals surface area contributed by atoms with Gasteiger partial charge in [-0.3, -0.25) is 0 Å². The van der Waals surface area contributed by atoms with E-state index in [1.165, 1.54) is 16.7 Å². The van der Waals surface area contributed by atoms with E-state index in [9.17, 15) is 0 Å². The Labute approximate surface area is 125 Å². The summed E-state index contributed by atoms with van der Waals surface area (Å²) in [6.45, 7) is 2.06. The first-order valence-corrected chi connectivity index (χ1v) is 7.12. The van der Waals surface area contributed by atoms with Crippen molar-refractivity contribution in [1.82, 2.24) is 0 Å². The number of isothiocyanates is 1. The second kappa shape index (κ2) is 7.54. The van der Waals surface area contributed by atoms with Gasteiger partial charge in [-0.2, -0.15) is 4.99 Å². The molecule has 0 heterocycles. The molecule has 0 aliphatic heterocycles. The lowest BCUT2D eigenvalue weighted by Gasteiger charge is -2.04. The van der Waals surface area contributed by atoms with E-state index in [1.807, 2.05) is 12.1 Å². The highest BCUT2D eigenvalue weighted by Crippen LogP contribution is 2.23. The Balaban J connectivity index is 2.10. The summed E-state index contributed by atoms with van der Waals surface area (Å²) in [5.74, 6) is 0. The molecule has 100 valence electrons. The number of nitrogens with zero attached hydrogens (tertiary/aromatic N) is 1. The van der Waals surface area contributed by atoms with Crippen LogP contribution in [-0.2, 0) is 6.42 Å². The molecule has 2 aromatic rings. The molecule has 0 unspecified atom stereocenters. The molecular weight excluding hydrogens is 262 g/mol. The van der Waals surface area contributed by atoms with E-state index in [1.54, 1.807) is 0 Å². The number of aliphatic imine (C=N–C) groups is 1. The second-order valence-corrected chi connectivity index (χ2v) is 4.74. The highest BCUT2D eigenvalue weighted by atomic mass is 32.1. The summed E-state index contributed by atoms with van der Waals surface area (Å²) in [5, 5.41) is 2.38. The molecule has 0 amide bonds. The minimum atomic E-state index is 0.840. The van der Waals surface area contributed by atoms with E-state index in [0.717, 1.165) is 18.5 Å². The Bertz CT molecular complexity index is 617. The summed E-state index contributed by atoms with van der Waals surface area (Å²) in [4.78, 5) is 3.96. The monoisotopic (exact) mass is 279 g/mol. The molecule has 0 fully saturated rings. The molecule has 2 heteroatoms. The number of thiocarbonyl (C=S) groups is 1. The van der Waals surface area contributed by atoms with Gasteiger partial charge < -0.3 is 0 Å². The van der Waals surface area contributed by atoms with E-state index < -0.39 is 0 Å². The summed E-state index contributed by atoms with van der Waals surface area (Å²) in [6, 6.07) is 16.7. The number of hydrogen-bond acceptors (Lipinski definition) is 2. The Kier molecular flexibility index (Phi) is 5.43. The summed E-state index contributed by atoms with van der Waals surface area (Å²) in [7, 11) is 0. The van der Waals surface area contributed by atoms with Gasteiger partial charge in [-0.15, -0.1) is 0 Å². The molecule has 0 aliphatic rings. The number of hydrogen-bond donors (Lipinski definition) is 0. The first-order chi connectivity index (χ1) is 9.83. The first-order valence-electron chi connectivity index (χ1n) is 6.72. The Morgan fingerprint density at radius 3 is 2.15 bits per heavy atom. The number of aryl methyl sites for hydroxylation is 1. The zero-order valence-electron chi connectivity index (χ0n) is 11.5. The molecule has 0 aliphatic carbocycles. The molecule has 20 heavy (non-hydrogen) atoms. The zero-order chi connectivity index (χ0) is 14.2. The molecule has 0 atom stereocenters. The van der Waals surface area contributed by atoms with Crippen molar-refractivity contribution in [2.45, 2.75) is 19.8 Å². The van der Waals surface area contributed by atoms with Crippen LogP contribution >= 0.6 is 12.2 Å². The predicted octanol–water partition coefficient (Wildman–Crippen LogP) is 5.60. The molecule has 0 N–H and O–H groups in total. The maximum absolute atomic E-state index is 4.60. The quantitative estimate of drug-likeness (QED) is 0.394. The Hall–Kier alpha value is -2.02. The van der Waals surface area contributed by atoms with Crippen molar-refractivity contribution in [3.05, 3.63) is 66.2 Å². The summed E-state index contributed by atoms with van der Waals surface area (Å²) in [5.41, 5.74) is 4.62. The zero-order valence-corrected chi connectivity index (χ0v) is 12.4. The van der Waals surface area contributed by atoms with Crippen LogP contribution in [0, 0.1) is 0 Å². The van der Waals surface area contributed by atoms with Gasteiger partial charge in [0, 0.05) is 0 Å². The average Bonchev–Trinajstić information content (AvgIpc) is 2.49. The van der Waals surface area contributed by atoms with Crippen molar-refractivity contribution >= 4 is 23.1 Å². The van der Waals surface area contributed by atoms with Crippen LogP contribution in [0.3, 0.4) is 0 Å². The normalized spacial score (nSPS) is 10.4. The minimum Gasteiger partial charge on any atom is -0.195 e. The van der Waals surface area contributed by atoms with Crippen molar-refractivity contribution in [2.24, 2.45) is 4.99 Å². The fourth-order valence-corrected chi connectivity index (χ4v) is 2.17. The van der Waals surface area contributed by atoms with Gasteiger partial charge in [0.05, 0.1) is 10.8 Å². The van der Waals surface area contributed by atoms with Crippen LogP contribution in [0.2, 0.25) is 0 Å². The number of benzene rings is 2. The molecular formula is C18H17NS. The second-order valence-electron chi connectivity index (χ2n) is 4.55. The SMILES string of the molecule is C/C=C/CCc1ccc(-c2ccc(N=C=S)cc2)cc1. The summed E-state index contributed by atoms with van der Waals surface area (Å²) >= 11 is 4.60. The maximum atomic E-state index is 4.60. The van der Waals surface area contributed by atoms with Crippen LogP contribution in [-0.4, -0.2) is 5.16 Å². The summed E-state index contributed by atoms with van der Waals surface area (Å²) < 4.78 is 0. The van der Waals surface area contributed by atoms with E-state index in [2.05, 4.69) is 77.8 Å². The third-order valence-electron chi connectivity index (χ3n) is 3.16. The topological polar surface area (TPSA) is 12.4 Å². The molecule has 1 nitrogen and oxygen atoms in total. The summed E-state index contributed by atoms with van der Waals surface area (Å²) in [6.07, 6.45) is 6.48. The molecule has 2 aromatic carbocycles. The van der Waals surface area contributed by atoms with Crippen molar-refractivity contribution in [2.75, 3.05) is 0 Å². The Morgan fingerprint density at radius 2 is 1.60 bits per heavy atom. The predicted molar refractivity (Wildman–Crippen MR) is 89.7 cm³/mol. The first kappa shape index (κ1) is 14.4. The van der Waals surface area contributed by atoms with Crippen LogP contribution in [0.1, 0.15) is 18.9 Å². The van der Waals surface area contributed by atoms with E-state index >= 15 is 0 Å². The molecule has 0 aromatic heterocycles. The van der Waals surface area contributed by atoms with Gasteiger partial charge in [-0.1, -0.05) is 48.6 Å². The van der Waals surface area contributed by atoms with Crippen LogP contribution in [0.4, 0.5) is 5.69 Å². The average molecular weight is 279 g/mol. The third-order valence-corrected chi connectivity index (χ3v) is 3.26. The van der Waals surface area contributed by atoms with Crippen molar-refractivity contribution in [3.8, 4) is 11.1 Å². The lowest BCUT2D eigenvalue weighted by Crippen LogP contribution is -1.84. The molecule has 0 saturated carbocycles. The van der Waals surface area contributed by atoms with Crippen molar-refractivity contribution in [1.29, 1.82) is 0 Å². The third kappa shape index (κ3) is 3.99. The van der Waals surface area contributed by atoms with E-state index in [4.69, 9.17) is 0 Å². The number of allylic oxidation sites excluding steroid dienone is 2. The van der Waals surface area contributed by atoms with Crippen LogP contribution in [0.5, 0.6) is 0 Å². The highest BCUT2D eigenvalue weighted by molar-refractivity contribution is 7.78. The maximum Gasteiger partial charge on any atom is 0.0739 e. The lowest BCUT2D eigenvalue weighted by molar-refractivity contribution is 1.000. The van der Waals surface area contributed by atoms with Crippen LogP contribution in [0.25, 0.3) is 11.1 Å². The fourth-order valence-electron chi connectivity index (χ4n) is 2.06. The van der Waals surface area contributed by atoms with Crippen LogP contribution < -0.4 is 0 Å². The Morgan fingerprint density at radius 1 is 1.00 bits per heavy atom. The van der Waals surface area contributed by atoms with Gasteiger partial charge in [0.15, 0.2) is 0 Å². The molecule has 0 saturated heterocycles. The molecule has 0 radical (unpaired) electrons. The van der Waals surface area contributed by atoms with Gasteiger partial charge in [-0.25, -0.2) is 0 Å². The van der Waals surface area contributed by atoms with Gasteiger partial charge in [0.25, 0.3) is 0 Å². The minimum absolute atomic E-state index is 0.840. The van der Waals surface area contributed by atoms with Gasteiger partial charge in [0.1, 0.15) is 0 Å². The van der Waals surface area contributed by atoms with Gasteiger partial charge >= 0.3 is 0 Å². The van der Waals surface area contributed by atoms with Gasteiger partial charge in [-0.05, 0) is 60.8 Å². The number of rotatable bonds is 5. The van der Waals surface area contributed by atoms with Crippen molar-refractivity contribution < 1.29 is 0 Å². The smallest absolute Gasteiger partial charge is 0.0739 e. The molecule has 2 rings (SSSR count). The van der Waals surface area contributed by atoms with E-state index in [0.29, 0.717) is 0 Å². The van der Waals surface area contributed by atoms with Gasteiger partial charge in [0.2, 0.25) is 0 Å². The van der Waals surface area contributed by atoms with E-state index in [-0.39, 0.29) is 0 Å². The molecule has 0 spiro atoms. The highest BCUT2D eigenvalue weighted by Gasteiger charge is 1.98. The lowest BCUT2D eigenvalue weighted by atomic mass is 10.0. The van der Waals surface area contributed by atoms with Crippen molar-refractivity contribution in [3.63, 3.8) is 0 Å². The fraction of sp³-hybridized carbons (Fsp3) is 0.167.